The van der Waals surface area contributed by atoms with Crippen LogP contribution in [-0.4, -0.2) is 59.7 Å². The summed E-state index contributed by atoms with van der Waals surface area (Å²) in [6.07, 6.45) is 4.86. The number of nitrogens with zero attached hydrogens (tertiary/aromatic N) is 2. The maximum absolute atomic E-state index is 13.1. The number of aliphatic hydroxyl groups is 1. The van der Waals surface area contributed by atoms with Crippen molar-refractivity contribution >= 4 is 11.8 Å². The van der Waals surface area contributed by atoms with Crippen LogP contribution in [0.1, 0.15) is 25.3 Å². The number of nitrogens with one attached hydrogen (secondary N) is 1. The van der Waals surface area contributed by atoms with Crippen LogP contribution in [0.25, 0.3) is 0 Å². The molecule has 9 heteroatoms. The molecular weight excluding hydrogens is 417 g/mol. The molecular formula is C23H28FN3O5. The van der Waals surface area contributed by atoms with Gasteiger partial charge in [0.2, 0.25) is 0 Å². The highest BCUT2D eigenvalue weighted by Crippen LogP contribution is 2.31. The Bertz CT molecular complexity index is 926. The molecule has 1 atom stereocenters. The SMILES string of the molecule is CCCCOC1=C2C(=O)N(CCOC)C=CN2C=C(C(=O)NCc2ccc(F)cc2)C1O. The first-order valence-corrected chi connectivity index (χ1v) is 10.5. The van der Waals surface area contributed by atoms with Crippen LogP contribution in [0.4, 0.5) is 4.39 Å². The largest absolute Gasteiger partial charge is 0.492 e. The van der Waals surface area contributed by atoms with Crippen LogP contribution >= 0.6 is 0 Å². The van der Waals surface area contributed by atoms with Gasteiger partial charge >= 0.3 is 0 Å². The molecule has 0 fully saturated rings. The van der Waals surface area contributed by atoms with E-state index in [-0.39, 0.29) is 35.3 Å². The van der Waals surface area contributed by atoms with Gasteiger partial charge in [0.15, 0.2) is 11.5 Å². The maximum Gasteiger partial charge on any atom is 0.278 e. The Morgan fingerprint density at radius 3 is 2.66 bits per heavy atom. The first-order chi connectivity index (χ1) is 15.5. The number of amides is 2. The first kappa shape index (κ1) is 23.5. The molecule has 0 spiro atoms. The average Bonchev–Trinajstić information content (AvgIpc) is 2.79. The van der Waals surface area contributed by atoms with Crippen LogP contribution < -0.4 is 5.32 Å². The Labute approximate surface area is 186 Å². The second-order valence-corrected chi connectivity index (χ2v) is 7.41. The highest BCUT2D eigenvalue weighted by atomic mass is 19.1. The number of methoxy groups -OCH3 is 1. The van der Waals surface area contributed by atoms with Gasteiger partial charge in [0.1, 0.15) is 11.9 Å². The summed E-state index contributed by atoms with van der Waals surface area (Å²) >= 11 is 0. The van der Waals surface area contributed by atoms with Crippen molar-refractivity contribution in [2.24, 2.45) is 0 Å². The van der Waals surface area contributed by atoms with E-state index >= 15 is 0 Å². The van der Waals surface area contributed by atoms with E-state index < -0.39 is 12.0 Å². The summed E-state index contributed by atoms with van der Waals surface area (Å²) in [6.45, 7) is 3.16. The van der Waals surface area contributed by atoms with E-state index in [4.69, 9.17) is 9.47 Å². The first-order valence-electron chi connectivity index (χ1n) is 10.5. The molecule has 1 aromatic rings. The molecule has 8 nitrogen and oxygen atoms in total. The van der Waals surface area contributed by atoms with Gasteiger partial charge in [0.25, 0.3) is 11.8 Å². The van der Waals surface area contributed by atoms with Gasteiger partial charge in [-0.25, -0.2) is 4.39 Å². The highest BCUT2D eigenvalue weighted by molar-refractivity contribution is 5.99. The van der Waals surface area contributed by atoms with Crippen LogP contribution in [-0.2, 0) is 25.6 Å². The number of halogens is 1. The summed E-state index contributed by atoms with van der Waals surface area (Å²) in [4.78, 5) is 28.8. The topological polar surface area (TPSA) is 91.3 Å². The number of carbonyl (C=O) groups excluding carboxylic acids is 2. The van der Waals surface area contributed by atoms with Crippen LogP contribution in [0.2, 0.25) is 0 Å². The number of carbonyl (C=O) groups is 2. The number of hydrogen-bond acceptors (Lipinski definition) is 6. The summed E-state index contributed by atoms with van der Waals surface area (Å²) in [5.41, 5.74) is 0.926. The zero-order valence-electron chi connectivity index (χ0n) is 18.2. The van der Waals surface area contributed by atoms with Crippen molar-refractivity contribution in [1.29, 1.82) is 0 Å². The Morgan fingerprint density at radius 1 is 1.22 bits per heavy atom. The van der Waals surface area contributed by atoms with E-state index in [0.29, 0.717) is 25.3 Å². The van der Waals surface area contributed by atoms with Crippen molar-refractivity contribution in [3.05, 3.63) is 71.3 Å². The minimum Gasteiger partial charge on any atom is -0.492 e. The summed E-state index contributed by atoms with van der Waals surface area (Å²) in [7, 11) is 1.55. The zero-order chi connectivity index (χ0) is 23.1. The van der Waals surface area contributed by atoms with E-state index in [0.717, 1.165) is 12.8 Å². The van der Waals surface area contributed by atoms with Gasteiger partial charge in [0.05, 0.1) is 18.8 Å². The normalized spacial score (nSPS) is 17.9. The molecule has 0 saturated heterocycles. The van der Waals surface area contributed by atoms with Crippen LogP contribution in [0.15, 0.2) is 59.9 Å². The number of unbranched alkanes of at least 4 members (excludes halogenated alkanes) is 1. The van der Waals surface area contributed by atoms with Gasteiger partial charge in [-0.2, -0.15) is 0 Å². The van der Waals surface area contributed by atoms with Crippen molar-refractivity contribution in [3.63, 3.8) is 0 Å². The van der Waals surface area contributed by atoms with Crippen LogP contribution in [0, 0.1) is 5.82 Å². The fraction of sp³-hybridized carbons (Fsp3) is 0.391. The summed E-state index contributed by atoms with van der Waals surface area (Å²) in [6, 6.07) is 5.76. The number of benzene rings is 1. The lowest BCUT2D eigenvalue weighted by Crippen LogP contribution is -2.44. The van der Waals surface area contributed by atoms with Crippen molar-refractivity contribution in [2.45, 2.75) is 32.4 Å². The predicted octanol–water partition coefficient (Wildman–Crippen LogP) is 1.99. The molecule has 2 amide bonds. The lowest BCUT2D eigenvalue weighted by atomic mass is 10.0. The van der Waals surface area contributed by atoms with Gasteiger partial charge in [-0.15, -0.1) is 0 Å². The Balaban J connectivity index is 1.82. The van der Waals surface area contributed by atoms with Crippen molar-refractivity contribution in [1.82, 2.24) is 15.1 Å². The molecule has 2 N–H and O–H groups in total. The molecule has 0 bridgehead atoms. The maximum atomic E-state index is 13.1. The number of ether oxygens (including phenoxy) is 2. The second kappa shape index (κ2) is 10.9. The quantitative estimate of drug-likeness (QED) is 0.536. The molecule has 0 aliphatic carbocycles. The number of rotatable bonds is 10. The fourth-order valence-corrected chi connectivity index (χ4v) is 3.28. The van der Waals surface area contributed by atoms with Crippen molar-refractivity contribution in [2.75, 3.05) is 26.9 Å². The molecule has 0 saturated carbocycles. The Hall–Kier alpha value is -3.17. The molecule has 3 rings (SSSR count). The van der Waals surface area contributed by atoms with Gasteiger partial charge in [0, 0.05) is 38.8 Å². The highest BCUT2D eigenvalue weighted by Gasteiger charge is 2.38. The average molecular weight is 445 g/mol. The molecule has 32 heavy (non-hydrogen) atoms. The lowest BCUT2D eigenvalue weighted by Gasteiger charge is -2.36. The smallest absolute Gasteiger partial charge is 0.278 e. The minimum atomic E-state index is -1.40. The number of aliphatic hydroxyl groups excluding tert-OH is 1. The minimum absolute atomic E-state index is 0.0460. The lowest BCUT2D eigenvalue weighted by molar-refractivity contribution is -0.128. The van der Waals surface area contributed by atoms with E-state index in [1.807, 2.05) is 6.92 Å². The Kier molecular flexibility index (Phi) is 8.02. The molecule has 0 aromatic heterocycles. The van der Waals surface area contributed by atoms with Crippen LogP contribution in [0.5, 0.6) is 0 Å². The number of hydrogen-bond donors (Lipinski definition) is 2. The monoisotopic (exact) mass is 445 g/mol. The number of fused-ring (bicyclic) bond motifs is 1. The summed E-state index contributed by atoms with van der Waals surface area (Å²) in [5.74, 6) is -1.18. The molecule has 2 heterocycles. The van der Waals surface area contributed by atoms with E-state index in [2.05, 4.69) is 5.32 Å². The zero-order valence-corrected chi connectivity index (χ0v) is 18.2. The molecule has 172 valence electrons. The second-order valence-electron chi connectivity index (χ2n) is 7.41. The third-order valence-corrected chi connectivity index (χ3v) is 5.10. The van der Waals surface area contributed by atoms with E-state index in [1.54, 1.807) is 31.6 Å². The van der Waals surface area contributed by atoms with E-state index in [9.17, 15) is 19.1 Å². The molecule has 2 aliphatic rings. The van der Waals surface area contributed by atoms with Gasteiger partial charge in [-0.3, -0.25) is 9.59 Å². The summed E-state index contributed by atoms with van der Waals surface area (Å²) < 4.78 is 23.9. The predicted molar refractivity (Wildman–Crippen MR) is 115 cm³/mol. The van der Waals surface area contributed by atoms with Crippen LogP contribution in [0.3, 0.4) is 0 Å². The molecule has 1 unspecified atom stereocenters. The summed E-state index contributed by atoms with van der Waals surface area (Å²) in [5, 5.41) is 13.7. The third kappa shape index (κ3) is 5.35. The van der Waals surface area contributed by atoms with Gasteiger partial charge < -0.3 is 29.7 Å². The van der Waals surface area contributed by atoms with E-state index in [1.165, 1.54) is 28.1 Å². The van der Waals surface area contributed by atoms with Gasteiger partial charge in [-0.1, -0.05) is 25.5 Å². The fourth-order valence-electron chi connectivity index (χ4n) is 3.28. The third-order valence-electron chi connectivity index (χ3n) is 5.10. The molecule has 2 aliphatic heterocycles. The Morgan fingerprint density at radius 2 is 1.97 bits per heavy atom. The standard InChI is InChI=1S/C23H28FN3O5/c1-3-4-12-32-21-19-23(30)26(11-13-31-2)9-10-27(19)15-18(20(21)28)22(29)25-14-16-5-7-17(24)8-6-16/h5-10,15,20,28H,3-4,11-14H2,1-2H3,(H,25,29). The molecule has 1 aromatic carbocycles. The van der Waals surface area contributed by atoms with Gasteiger partial charge in [-0.05, 0) is 24.1 Å². The van der Waals surface area contributed by atoms with Crippen molar-refractivity contribution in [3.8, 4) is 0 Å². The van der Waals surface area contributed by atoms with Crippen molar-refractivity contribution < 1.29 is 28.6 Å². The molecule has 0 radical (unpaired) electrons.